The number of hydrogen-bond acceptors (Lipinski definition) is 2. The second-order valence-electron chi connectivity index (χ2n) is 2.97. The minimum atomic E-state index is -4.80. The normalized spacial score (nSPS) is 11.6. The molecule has 17 heavy (non-hydrogen) atoms. The lowest BCUT2D eigenvalue weighted by molar-refractivity contribution is -0.138. The van der Waals surface area contributed by atoms with Crippen LogP contribution in [0.25, 0.3) is 0 Å². The van der Waals surface area contributed by atoms with Gasteiger partial charge in [0.25, 0.3) is 6.43 Å². The van der Waals surface area contributed by atoms with Crippen molar-refractivity contribution in [2.24, 2.45) is 0 Å². The van der Waals surface area contributed by atoms with E-state index in [1.54, 1.807) is 0 Å². The molecule has 1 rings (SSSR count). The zero-order valence-electron chi connectivity index (χ0n) is 8.02. The Morgan fingerprint density at radius 1 is 1.41 bits per heavy atom. The number of halogens is 6. The van der Waals surface area contributed by atoms with E-state index < -0.39 is 35.1 Å². The highest BCUT2D eigenvalue weighted by Crippen LogP contribution is 2.36. The van der Waals surface area contributed by atoms with Crippen molar-refractivity contribution in [2.45, 2.75) is 17.9 Å². The van der Waals surface area contributed by atoms with E-state index in [1.165, 1.54) is 6.07 Å². The van der Waals surface area contributed by atoms with Gasteiger partial charge in [0.15, 0.2) is 5.69 Å². The SMILES string of the molecule is N#Cc1nc(C(F)F)cc(CBr)c1C(F)(F)F. The van der Waals surface area contributed by atoms with Crippen LogP contribution >= 0.6 is 15.9 Å². The first kappa shape index (κ1) is 13.8. The molecule has 0 aliphatic carbocycles. The molecule has 0 unspecified atom stereocenters. The summed E-state index contributed by atoms with van der Waals surface area (Å²) < 4.78 is 62.6. The molecule has 1 aromatic rings. The molecule has 0 amide bonds. The summed E-state index contributed by atoms with van der Waals surface area (Å²) in [5.41, 5.74) is -3.59. The van der Waals surface area contributed by atoms with Gasteiger partial charge in [-0.05, 0) is 11.6 Å². The molecular weight excluding hydrogens is 311 g/mol. The molecule has 0 bridgehead atoms. The fourth-order valence-electron chi connectivity index (χ4n) is 1.23. The Morgan fingerprint density at radius 3 is 2.35 bits per heavy atom. The van der Waals surface area contributed by atoms with Crippen LogP contribution in [0.5, 0.6) is 0 Å². The summed E-state index contributed by atoms with van der Waals surface area (Å²) in [7, 11) is 0. The Balaban J connectivity index is 3.55. The lowest BCUT2D eigenvalue weighted by atomic mass is 10.1. The molecule has 8 heteroatoms. The molecule has 0 aromatic carbocycles. The van der Waals surface area contributed by atoms with Crippen LogP contribution < -0.4 is 0 Å². The van der Waals surface area contributed by atoms with Crippen LogP contribution in [-0.4, -0.2) is 4.98 Å². The Kier molecular flexibility index (Phi) is 4.03. The quantitative estimate of drug-likeness (QED) is 0.615. The van der Waals surface area contributed by atoms with Gasteiger partial charge in [-0.25, -0.2) is 13.8 Å². The molecule has 92 valence electrons. The average Bonchev–Trinajstić information content (AvgIpc) is 2.25. The van der Waals surface area contributed by atoms with Crippen LogP contribution in [0.15, 0.2) is 6.07 Å². The standard InChI is InChI=1S/C9H4BrF5N2/c10-2-4-1-5(8(11)12)17-6(3-16)7(4)9(13,14)15/h1,8H,2H2. The topological polar surface area (TPSA) is 36.7 Å². The zero-order chi connectivity index (χ0) is 13.2. The number of alkyl halides is 6. The maximum absolute atomic E-state index is 12.6. The monoisotopic (exact) mass is 314 g/mol. The summed E-state index contributed by atoms with van der Waals surface area (Å²) in [5, 5.41) is 8.24. The fraction of sp³-hybridized carbons (Fsp3) is 0.333. The Bertz CT molecular complexity index is 464. The lowest BCUT2D eigenvalue weighted by Gasteiger charge is -2.13. The Labute approximate surface area is 101 Å². The minimum Gasteiger partial charge on any atom is -0.235 e. The number of pyridine rings is 1. The first-order chi connectivity index (χ1) is 7.81. The molecule has 0 N–H and O–H groups in total. The van der Waals surface area contributed by atoms with E-state index in [9.17, 15) is 22.0 Å². The highest BCUT2D eigenvalue weighted by atomic mass is 79.9. The molecule has 0 spiro atoms. The van der Waals surface area contributed by atoms with Gasteiger partial charge in [-0.2, -0.15) is 18.4 Å². The van der Waals surface area contributed by atoms with Gasteiger partial charge in [0.2, 0.25) is 0 Å². The summed E-state index contributed by atoms with van der Waals surface area (Å²) in [6.07, 6.45) is -7.83. The summed E-state index contributed by atoms with van der Waals surface area (Å²) >= 11 is 2.77. The van der Waals surface area contributed by atoms with Crippen molar-refractivity contribution in [3.63, 3.8) is 0 Å². The Morgan fingerprint density at radius 2 is 2.00 bits per heavy atom. The third kappa shape index (κ3) is 2.91. The summed E-state index contributed by atoms with van der Waals surface area (Å²) in [6.45, 7) is 0. The van der Waals surface area contributed by atoms with Gasteiger partial charge in [0.1, 0.15) is 11.8 Å². The predicted octanol–water partition coefficient (Wildman–Crippen LogP) is 3.80. The Hall–Kier alpha value is -1.23. The average molecular weight is 315 g/mol. The van der Waals surface area contributed by atoms with Crippen molar-refractivity contribution >= 4 is 15.9 Å². The van der Waals surface area contributed by atoms with Gasteiger partial charge < -0.3 is 0 Å². The maximum atomic E-state index is 12.6. The number of nitrogens with zero attached hydrogens (tertiary/aromatic N) is 2. The molecule has 0 radical (unpaired) electrons. The third-order valence-electron chi connectivity index (χ3n) is 1.88. The van der Waals surface area contributed by atoms with Gasteiger partial charge in [-0.15, -0.1) is 0 Å². The number of rotatable bonds is 2. The van der Waals surface area contributed by atoms with Gasteiger partial charge >= 0.3 is 6.18 Å². The fourth-order valence-corrected chi connectivity index (χ4v) is 1.68. The third-order valence-corrected chi connectivity index (χ3v) is 2.48. The maximum Gasteiger partial charge on any atom is 0.419 e. The van der Waals surface area contributed by atoms with Gasteiger partial charge in [0.05, 0.1) is 5.56 Å². The number of hydrogen-bond donors (Lipinski definition) is 0. The first-order valence-electron chi connectivity index (χ1n) is 4.16. The summed E-state index contributed by atoms with van der Waals surface area (Å²) in [5.74, 6) is 0. The summed E-state index contributed by atoms with van der Waals surface area (Å²) in [6, 6.07) is 1.83. The molecule has 1 aromatic heterocycles. The van der Waals surface area contributed by atoms with Crippen molar-refractivity contribution in [1.29, 1.82) is 5.26 Å². The van der Waals surface area contributed by atoms with Gasteiger partial charge in [-0.1, -0.05) is 15.9 Å². The highest BCUT2D eigenvalue weighted by molar-refractivity contribution is 9.08. The van der Waals surface area contributed by atoms with Crippen molar-refractivity contribution in [1.82, 2.24) is 4.98 Å². The van der Waals surface area contributed by atoms with E-state index in [-0.39, 0.29) is 5.33 Å². The van der Waals surface area contributed by atoms with Crippen LogP contribution in [0.4, 0.5) is 22.0 Å². The summed E-state index contributed by atoms with van der Waals surface area (Å²) in [4.78, 5) is 3.01. The predicted molar refractivity (Wildman–Crippen MR) is 51.5 cm³/mol. The van der Waals surface area contributed by atoms with Crippen LogP contribution in [-0.2, 0) is 11.5 Å². The second-order valence-corrected chi connectivity index (χ2v) is 3.53. The molecule has 0 fully saturated rings. The van der Waals surface area contributed by atoms with Crippen LogP contribution in [0, 0.1) is 11.3 Å². The second kappa shape index (κ2) is 4.96. The van der Waals surface area contributed by atoms with E-state index in [1.807, 2.05) is 0 Å². The van der Waals surface area contributed by atoms with Crippen LogP contribution in [0.3, 0.4) is 0 Å². The smallest absolute Gasteiger partial charge is 0.235 e. The molecule has 2 nitrogen and oxygen atoms in total. The van der Waals surface area contributed by atoms with E-state index >= 15 is 0 Å². The molecule has 0 aliphatic rings. The van der Waals surface area contributed by atoms with Gasteiger partial charge in [-0.3, -0.25) is 0 Å². The van der Waals surface area contributed by atoms with Crippen molar-refractivity contribution in [2.75, 3.05) is 0 Å². The lowest BCUT2D eigenvalue weighted by Crippen LogP contribution is -2.14. The highest BCUT2D eigenvalue weighted by Gasteiger charge is 2.37. The molecule has 0 saturated heterocycles. The first-order valence-corrected chi connectivity index (χ1v) is 5.28. The van der Waals surface area contributed by atoms with Crippen molar-refractivity contribution < 1.29 is 22.0 Å². The molecule has 0 atom stereocenters. The molecular formula is C9H4BrF5N2. The van der Waals surface area contributed by atoms with E-state index in [0.717, 1.165) is 0 Å². The van der Waals surface area contributed by atoms with E-state index in [2.05, 4.69) is 20.9 Å². The van der Waals surface area contributed by atoms with Crippen LogP contribution in [0.1, 0.15) is 28.9 Å². The van der Waals surface area contributed by atoms with Crippen LogP contribution in [0.2, 0.25) is 0 Å². The molecule has 0 saturated carbocycles. The molecule has 1 heterocycles. The number of aromatic nitrogens is 1. The van der Waals surface area contributed by atoms with E-state index in [0.29, 0.717) is 6.07 Å². The number of nitriles is 1. The molecule has 0 aliphatic heterocycles. The largest absolute Gasteiger partial charge is 0.419 e. The van der Waals surface area contributed by atoms with Crippen molar-refractivity contribution in [3.8, 4) is 6.07 Å². The van der Waals surface area contributed by atoms with E-state index in [4.69, 9.17) is 5.26 Å². The minimum absolute atomic E-state index is 0.293. The zero-order valence-corrected chi connectivity index (χ0v) is 9.61. The van der Waals surface area contributed by atoms with Gasteiger partial charge in [0, 0.05) is 5.33 Å². The van der Waals surface area contributed by atoms with Crippen molar-refractivity contribution in [3.05, 3.63) is 28.6 Å².